The molecule has 1 fully saturated rings. The zero-order valence-electron chi connectivity index (χ0n) is 9.08. The van der Waals surface area contributed by atoms with E-state index in [0.29, 0.717) is 12.0 Å². The molecule has 0 amide bonds. The van der Waals surface area contributed by atoms with Crippen LogP contribution in [0.2, 0.25) is 0 Å². The quantitative estimate of drug-likeness (QED) is 0.248. The van der Waals surface area contributed by atoms with Crippen molar-refractivity contribution in [3.63, 3.8) is 0 Å². The molecular weight excluding hydrogens is 178 g/mol. The average molecular weight is 199 g/mol. The molecule has 1 atom stereocenters. The van der Waals surface area contributed by atoms with E-state index < -0.39 is 0 Å². The van der Waals surface area contributed by atoms with Crippen LogP contribution in [0, 0.1) is 0 Å². The lowest BCUT2D eigenvalue weighted by molar-refractivity contribution is 0.406. The Balaban J connectivity index is 2.33. The molecule has 5 heteroatoms. The van der Waals surface area contributed by atoms with E-state index in [-0.39, 0.29) is 0 Å². The first-order valence-corrected chi connectivity index (χ1v) is 5.22. The van der Waals surface area contributed by atoms with Crippen molar-refractivity contribution in [1.82, 2.24) is 15.6 Å². The zero-order valence-corrected chi connectivity index (χ0v) is 9.08. The summed E-state index contributed by atoms with van der Waals surface area (Å²) in [5, 5.41) is 3.30. The molecule has 0 radical (unpaired) electrons. The van der Waals surface area contributed by atoms with Gasteiger partial charge in [-0.15, -0.1) is 0 Å². The predicted octanol–water partition coefficient (Wildman–Crippen LogP) is -0.491. The Labute approximate surface area is 85.7 Å². The zero-order chi connectivity index (χ0) is 10.4. The van der Waals surface area contributed by atoms with Gasteiger partial charge in [-0.3, -0.25) is 10.4 Å². The molecule has 0 aromatic carbocycles. The number of hydrazine groups is 1. The number of likely N-dealkylation sites (N-methyl/N-ethyl adjacent to an activating group) is 1. The van der Waals surface area contributed by atoms with Crippen molar-refractivity contribution in [1.29, 1.82) is 0 Å². The van der Waals surface area contributed by atoms with Gasteiger partial charge in [-0.05, 0) is 26.4 Å². The maximum atomic E-state index is 5.37. The maximum Gasteiger partial charge on any atom is 0.205 e. The summed E-state index contributed by atoms with van der Waals surface area (Å²) in [5.74, 6) is 6.08. The minimum atomic E-state index is 0.478. The molecule has 1 unspecified atom stereocenters. The number of guanidine groups is 1. The van der Waals surface area contributed by atoms with Crippen LogP contribution < -0.4 is 16.6 Å². The van der Waals surface area contributed by atoms with Crippen LogP contribution in [0.1, 0.15) is 19.8 Å². The van der Waals surface area contributed by atoms with Crippen LogP contribution in [0.5, 0.6) is 0 Å². The van der Waals surface area contributed by atoms with Crippen molar-refractivity contribution >= 4 is 5.96 Å². The van der Waals surface area contributed by atoms with E-state index in [1.165, 1.54) is 0 Å². The van der Waals surface area contributed by atoms with Crippen molar-refractivity contribution < 1.29 is 0 Å². The Morgan fingerprint density at radius 2 is 2.43 bits per heavy atom. The largest absolute Gasteiger partial charge is 0.351 e. The van der Waals surface area contributed by atoms with Gasteiger partial charge in [0.2, 0.25) is 5.96 Å². The van der Waals surface area contributed by atoms with Crippen LogP contribution in [-0.4, -0.2) is 43.6 Å². The third-order valence-electron chi connectivity index (χ3n) is 2.36. The van der Waals surface area contributed by atoms with Gasteiger partial charge in [0, 0.05) is 19.1 Å². The number of nitrogens with one attached hydrogen (secondary N) is 2. The second kappa shape index (κ2) is 5.82. The normalized spacial score (nSPS) is 23.9. The number of nitrogens with zero attached hydrogens (tertiary/aromatic N) is 2. The summed E-state index contributed by atoms with van der Waals surface area (Å²) in [4.78, 5) is 6.60. The monoisotopic (exact) mass is 199 g/mol. The van der Waals surface area contributed by atoms with Gasteiger partial charge >= 0.3 is 0 Å². The standard InChI is InChI=1S/C9H21N5/c1-3-5-11-9(13-10)12-8-4-6-14(2)7-8/h8H,3-7,10H2,1-2H3,(H2,11,12,13). The second-order valence-corrected chi connectivity index (χ2v) is 3.77. The van der Waals surface area contributed by atoms with Crippen LogP contribution in [-0.2, 0) is 0 Å². The first kappa shape index (κ1) is 11.3. The van der Waals surface area contributed by atoms with Crippen molar-refractivity contribution in [2.24, 2.45) is 10.8 Å². The van der Waals surface area contributed by atoms with Gasteiger partial charge in [-0.1, -0.05) is 6.92 Å². The SMILES string of the molecule is CCCN=C(NN)NC1CCN(C)C1. The lowest BCUT2D eigenvalue weighted by atomic mass is 10.3. The van der Waals surface area contributed by atoms with Crippen LogP contribution in [0.25, 0.3) is 0 Å². The Hall–Kier alpha value is -0.810. The molecule has 0 aromatic rings. The fourth-order valence-electron chi connectivity index (χ4n) is 1.60. The molecule has 0 bridgehead atoms. The molecule has 1 rings (SSSR count). The van der Waals surface area contributed by atoms with Crippen molar-refractivity contribution in [3.8, 4) is 0 Å². The van der Waals surface area contributed by atoms with E-state index in [4.69, 9.17) is 5.84 Å². The topological polar surface area (TPSA) is 65.7 Å². The predicted molar refractivity (Wildman–Crippen MR) is 59.0 cm³/mol. The molecule has 1 saturated heterocycles. The number of aliphatic imine (C=N–C) groups is 1. The van der Waals surface area contributed by atoms with Gasteiger partial charge in [0.05, 0.1) is 0 Å². The average Bonchev–Trinajstić information content (AvgIpc) is 2.58. The molecular formula is C9H21N5. The third kappa shape index (κ3) is 3.51. The van der Waals surface area contributed by atoms with E-state index >= 15 is 0 Å². The second-order valence-electron chi connectivity index (χ2n) is 3.77. The molecule has 14 heavy (non-hydrogen) atoms. The van der Waals surface area contributed by atoms with Gasteiger partial charge in [0.15, 0.2) is 0 Å². The molecule has 0 saturated carbocycles. The van der Waals surface area contributed by atoms with E-state index in [1.54, 1.807) is 0 Å². The van der Waals surface area contributed by atoms with E-state index in [1.807, 2.05) is 0 Å². The molecule has 1 heterocycles. The third-order valence-corrected chi connectivity index (χ3v) is 2.36. The van der Waals surface area contributed by atoms with Crippen molar-refractivity contribution in [2.45, 2.75) is 25.8 Å². The van der Waals surface area contributed by atoms with Crippen molar-refractivity contribution in [2.75, 3.05) is 26.7 Å². The van der Waals surface area contributed by atoms with Gasteiger partial charge in [0.1, 0.15) is 0 Å². The van der Waals surface area contributed by atoms with Gasteiger partial charge in [0.25, 0.3) is 0 Å². The number of nitrogens with two attached hydrogens (primary N) is 1. The number of rotatable bonds is 3. The highest BCUT2D eigenvalue weighted by Crippen LogP contribution is 2.05. The van der Waals surface area contributed by atoms with Gasteiger partial charge < -0.3 is 10.2 Å². The van der Waals surface area contributed by atoms with Crippen LogP contribution in [0.4, 0.5) is 0 Å². The summed E-state index contributed by atoms with van der Waals surface area (Å²) in [6.07, 6.45) is 2.20. The van der Waals surface area contributed by atoms with Gasteiger partial charge in [-0.2, -0.15) is 0 Å². The van der Waals surface area contributed by atoms with Crippen LogP contribution >= 0.6 is 0 Å². The smallest absolute Gasteiger partial charge is 0.205 e. The molecule has 82 valence electrons. The molecule has 0 spiro atoms. The Bertz CT molecular complexity index is 192. The summed E-state index contributed by atoms with van der Waals surface area (Å²) >= 11 is 0. The van der Waals surface area contributed by atoms with Crippen LogP contribution in [0.3, 0.4) is 0 Å². The Kier molecular flexibility index (Phi) is 4.69. The highest BCUT2D eigenvalue weighted by Gasteiger charge is 2.19. The summed E-state index contributed by atoms with van der Waals surface area (Å²) in [6, 6.07) is 0.478. The molecule has 5 nitrogen and oxygen atoms in total. The summed E-state index contributed by atoms with van der Waals surface area (Å²) in [5.41, 5.74) is 2.60. The summed E-state index contributed by atoms with van der Waals surface area (Å²) in [7, 11) is 2.13. The summed E-state index contributed by atoms with van der Waals surface area (Å²) < 4.78 is 0. The molecule has 4 N–H and O–H groups in total. The maximum absolute atomic E-state index is 5.37. The van der Waals surface area contributed by atoms with Crippen molar-refractivity contribution in [3.05, 3.63) is 0 Å². The summed E-state index contributed by atoms with van der Waals surface area (Å²) in [6.45, 7) is 5.12. The first-order valence-electron chi connectivity index (χ1n) is 5.22. The highest BCUT2D eigenvalue weighted by atomic mass is 15.3. The minimum absolute atomic E-state index is 0.478. The molecule has 0 aromatic heterocycles. The fraction of sp³-hybridized carbons (Fsp3) is 0.889. The van der Waals surface area contributed by atoms with E-state index in [0.717, 1.165) is 32.5 Å². The number of likely N-dealkylation sites (tertiary alicyclic amines) is 1. The molecule has 0 aliphatic carbocycles. The fourth-order valence-corrected chi connectivity index (χ4v) is 1.60. The number of hydrogen-bond acceptors (Lipinski definition) is 3. The lowest BCUT2D eigenvalue weighted by Gasteiger charge is -2.15. The van der Waals surface area contributed by atoms with E-state index in [9.17, 15) is 0 Å². The Morgan fingerprint density at radius 3 is 2.93 bits per heavy atom. The van der Waals surface area contributed by atoms with Crippen LogP contribution in [0.15, 0.2) is 4.99 Å². The van der Waals surface area contributed by atoms with E-state index in [2.05, 4.69) is 34.6 Å². The number of hydrogen-bond donors (Lipinski definition) is 3. The first-order chi connectivity index (χ1) is 6.76. The lowest BCUT2D eigenvalue weighted by Crippen LogP contribution is -2.47. The highest BCUT2D eigenvalue weighted by molar-refractivity contribution is 5.79. The molecule has 1 aliphatic rings. The van der Waals surface area contributed by atoms with Gasteiger partial charge in [-0.25, -0.2) is 5.84 Å². The minimum Gasteiger partial charge on any atom is -0.351 e. The molecule has 1 aliphatic heterocycles. The Morgan fingerprint density at radius 1 is 1.64 bits per heavy atom.